The lowest BCUT2D eigenvalue weighted by atomic mass is 10.1. The number of nitrogens with one attached hydrogen (secondary N) is 2. The number of aromatic nitrogens is 1. The Labute approximate surface area is 187 Å². The minimum absolute atomic E-state index is 0.0147. The van der Waals surface area contributed by atoms with Crippen LogP contribution in [0.25, 0.3) is 11.0 Å². The van der Waals surface area contributed by atoms with Crippen LogP contribution in [0.4, 0.5) is 11.4 Å². The Morgan fingerprint density at radius 1 is 1.06 bits per heavy atom. The van der Waals surface area contributed by atoms with Crippen molar-refractivity contribution in [2.75, 3.05) is 17.7 Å². The van der Waals surface area contributed by atoms with E-state index in [2.05, 4.69) is 15.6 Å². The van der Waals surface area contributed by atoms with Gasteiger partial charge in [-0.3, -0.25) is 4.79 Å². The number of fused-ring (bicyclic) bond motifs is 1. The molecule has 0 atom stereocenters. The predicted molar refractivity (Wildman–Crippen MR) is 122 cm³/mol. The molecule has 9 nitrogen and oxygen atoms in total. The van der Waals surface area contributed by atoms with Crippen molar-refractivity contribution >= 4 is 34.2 Å². The summed E-state index contributed by atoms with van der Waals surface area (Å²) in [5.74, 6) is -1.04. The highest BCUT2D eigenvalue weighted by Gasteiger charge is 2.15. The van der Waals surface area contributed by atoms with Crippen molar-refractivity contribution < 1.29 is 23.8 Å². The average molecular weight is 445 g/mol. The van der Waals surface area contributed by atoms with Gasteiger partial charge in [0.2, 0.25) is 0 Å². The SMILES string of the molecule is COc1ccc2cc(NC(=O)c3ccccc3NCc3ccc(C(=O)O)nc3)c(=O)oc2c1. The first kappa shape index (κ1) is 21.6. The van der Waals surface area contributed by atoms with Crippen LogP contribution >= 0.6 is 0 Å². The Balaban J connectivity index is 1.53. The summed E-state index contributed by atoms with van der Waals surface area (Å²) in [5.41, 5.74) is 1.23. The van der Waals surface area contributed by atoms with Gasteiger partial charge in [-0.2, -0.15) is 0 Å². The van der Waals surface area contributed by atoms with E-state index in [4.69, 9.17) is 14.3 Å². The lowest BCUT2D eigenvalue weighted by Gasteiger charge is -2.12. The van der Waals surface area contributed by atoms with Crippen LogP contribution in [0.1, 0.15) is 26.4 Å². The molecule has 0 fully saturated rings. The molecule has 0 bridgehead atoms. The molecule has 33 heavy (non-hydrogen) atoms. The van der Waals surface area contributed by atoms with E-state index >= 15 is 0 Å². The molecule has 9 heteroatoms. The molecule has 0 spiro atoms. The highest BCUT2D eigenvalue weighted by Crippen LogP contribution is 2.23. The number of hydrogen-bond acceptors (Lipinski definition) is 7. The van der Waals surface area contributed by atoms with E-state index in [-0.39, 0.29) is 11.4 Å². The van der Waals surface area contributed by atoms with Gasteiger partial charge in [0.15, 0.2) is 0 Å². The number of aromatic carboxylic acids is 1. The van der Waals surface area contributed by atoms with Crippen molar-refractivity contribution in [2.24, 2.45) is 0 Å². The third-order valence-electron chi connectivity index (χ3n) is 4.89. The van der Waals surface area contributed by atoms with Gasteiger partial charge in [-0.1, -0.05) is 18.2 Å². The maximum Gasteiger partial charge on any atom is 0.360 e. The number of carboxylic acids is 1. The number of ether oxygens (including phenoxy) is 1. The summed E-state index contributed by atoms with van der Waals surface area (Å²) in [6.07, 6.45) is 1.45. The molecule has 0 aliphatic carbocycles. The van der Waals surface area contributed by atoms with Crippen molar-refractivity contribution in [2.45, 2.75) is 6.54 Å². The standard InChI is InChI=1S/C24H19N3O6/c1-32-16-8-7-15-10-20(24(31)33-21(15)11-16)27-22(28)17-4-2-3-5-18(17)25-12-14-6-9-19(23(29)30)26-13-14/h2-11,13,25H,12H2,1H3,(H,27,28)(H,29,30). The second kappa shape index (κ2) is 9.23. The minimum atomic E-state index is -1.10. The van der Waals surface area contributed by atoms with E-state index in [1.807, 2.05) is 0 Å². The second-order valence-electron chi connectivity index (χ2n) is 7.06. The number of rotatable bonds is 7. The number of carbonyl (C=O) groups is 2. The van der Waals surface area contributed by atoms with E-state index in [1.54, 1.807) is 54.6 Å². The molecule has 0 aliphatic heterocycles. The second-order valence-corrected chi connectivity index (χ2v) is 7.06. The predicted octanol–water partition coefficient (Wildman–Crippen LogP) is 3.76. The molecule has 4 aromatic rings. The van der Waals surface area contributed by atoms with Crippen LogP contribution in [-0.4, -0.2) is 29.1 Å². The molecule has 3 N–H and O–H groups in total. The van der Waals surface area contributed by atoms with Gasteiger partial charge in [-0.25, -0.2) is 14.6 Å². The maximum absolute atomic E-state index is 12.9. The monoisotopic (exact) mass is 445 g/mol. The van der Waals surface area contributed by atoms with Gasteiger partial charge in [-0.15, -0.1) is 0 Å². The van der Waals surface area contributed by atoms with E-state index < -0.39 is 17.5 Å². The zero-order chi connectivity index (χ0) is 23.4. The highest BCUT2D eigenvalue weighted by atomic mass is 16.5. The zero-order valence-electron chi connectivity index (χ0n) is 17.5. The fourth-order valence-electron chi connectivity index (χ4n) is 3.18. The highest BCUT2D eigenvalue weighted by molar-refractivity contribution is 6.08. The van der Waals surface area contributed by atoms with E-state index in [0.717, 1.165) is 5.56 Å². The number of pyridine rings is 1. The van der Waals surface area contributed by atoms with Crippen LogP contribution in [0.15, 0.2) is 76.1 Å². The number of carboxylic acid groups (broad SMARTS) is 1. The molecule has 0 saturated carbocycles. The number of carbonyl (C=O) groups excluding carboxylic acids is 1. The molecule has 0 unspecified atom stereocenters. The smallest absolute Gasteiger partial charge is 0.360 e. The zero-order valence-corrected chi connectivity index (χ0v) is 17.5. The number of anilines is 2. The first-order chi connectivity index (χ1) is 15.9. The Morgan fingerprint density at radius 3 is 2.61 bits per heavy atom. The molecule has 0 radical (unpaired) electrons. The maximum atomic E-state index is 12.9. The van der Waals surface area contributed by atoms with Crippen molar-refractivity contribution in [1.29, 1.82) is 0 Å². The molecule has 166 valence electrons. The average Bonchev–Trinajstić information content (AvgIpc) is 2.83. The number of amides is 1. The Hall–Kier alpha value is -4.66. The van der Waals surface area contributed by atoms with Crippen LogP contribution in [0.2, 0.25) is 0 Å². The van der Waals surface area contributed by atoms with Crippen LogP contribution in [0.3, 0.4) is 0 Å². The van der Waals surface area contributed by atoms with E-state index in [1.165, 1.54) is 19.4 Å². The summed E-state index contributed by atoms with van der Waals surface area (Å²) in [7, 11) is 1.51. The van der Waals surface area contributed by atoms with Crippen LogP contribution < -0.4 is 21.0 Å². The summed E-state index contributed by atoms with van der Waals surface area (Å²) in [5, 5.41) is 15.3. The Kier molecular flexibility index (Phi) is 6.03. The summed E-state index contributed by atoms with van der Waals surface area (Å²) < 4.78 is 10.4. The minimum Gasteiger partial charge on any atom is -0.497 e. The molecule has 2 aromatic heterocycles. The third kappa shape index (κ3) is 4.82. The van der Waals surface area contributed by atoms with Gasteiger partial charge in [0.25, 0.3) is 5.91 Å². The van der Waals surface area contributed by atoms with Gasteiger partial charge in [0.05, 0.1) is 12.7 Å². The molecular weight excluding hydrogens is 426 g/mol. The van der Waals surface area contributed by atoms with Crippen molar-refractivity contribution in [3.63, 3.8) is 0 Å². The number of methoxy groups -OCH3 is 1. The first-order valence-corrected chi connectivity index (χ1v) is 9.89. The number of benzene rings is 2. The summed E-state index contributed by atoms with van der Waals surface area (Å²) in [4.78, 5) is 40.1. The summed E-state index contributed by atoms with van der Waals surface area (Å²) in [6.45, 7) is 0.317. The largest absolute Gasteiger partial charge is 0.497 e. The molecular formula is C24H19N3O6. The van der Waals surface area contributed by atoms with Crippen molar-refractivity contribution in [3.8, 4) is 5.75 Å². The molecule has 0 aliphatic rings. The van der Waals surface area contributed by atoms with Crippen molar-refractivity contribution in [3.05, 3.63) is 94.1 Å². The molecule has 2 aromatic carbocycles. The van der Waals surface area contributed by atoms with Gasteiger partial charge in [0, 0.05) is 29.9 Å². The van der Waals surface area contributed by atoms with Gasteiger partial charge in [0.1, 0.15) is 22.7 Å². The lowest BCUT2D eigenvalue weighted by molar-refractivity contribution is 0.0690. The van der Waals surface area contributed by atoms with Crippen LogP contribution in [0.5, 0.6) is 5.75 Å². The number of nitrogens with zero attached hydrogens (tertiary/aromatic N) is 1. The number of hydrogen-bond donors (Lipinski definition) is 3. The van der Waals surface area contributed by atoms with Crippen molar-refractivity contribution in [1.82, 2.24) is 4.98 Å². The Morgan fingerprint density at radius 2 is 1.88 bits per heavy atom. The quantitative estimate of drug-likeness (QED) is 0.367. The van der Waals surface area contributed by atoms with E-state index in [0.29, 0.717) is 34.5 Å². The number of para-hydroxylation sites is 1. The van der Waals surface area contributed by atoms with Crippen LogP contribution in [0, 0.1) is 0 Å². The van der Waals surface area contributed by atoms with Crippen LogP contribution in [-0.2, 0) is 6.54 Å². The Bertz CT molecular complexity index is 1400. The molecule has 0 saturated heterocycles. The van der Waals surface area contributed by atoms with E-state index in [9.17, 15) is 14.4 Å². The fraction of sp³-hybridized carbons (Fsp3) is 0.0833. The molecule has 4 rings (SSSR count). The van der Waals surface area contributed by atoms with Gasteiger partial charge >= 0.3 is 11.6 Å². The lowest BCUT2D eigenvalue weighted by Crippen LogP contribution is -2.19. The normalized spacial score (nSPS) is 10.6. The fourth-order valence-corrected chi connectivity index (χ4v) is 3.18. The summed E-state index contributed by atoms with van der Waals surface area (Å²) >= 11 is 0. The van der Waals surface area contributed by atoms with Gasteiger partial charge in [-0.05, 0) is 42.0 Å². The third-order valence-corrected chi connectivity index (χ3v) is 4.89. The van der Waals surface area contributed by atoms with Gasteiger partial charge < -0.3 is 24.9 Å². The topological polar surface area (TPSA) is 131 Å². The summed E-state index contributed by atoms with van der Waals surface area (Å²) in [6, 6.07) is 16.5. The first-order valence-electron chi connectivity index (χ1n) is 9.89. The molecule has 2 heterocycles. The molecule has 1 amide bonds.